The number of aromatic nitrogens is 2. The zero-order valence-electron chi connectivity index (χ0n) is 11.6. The Morgan fingerprint density at radius 3 is 3.00 bits per heavy atom. The molecule has 1 aromatic heterocycles. The van der Waals surface area contributed by atoms with E-state index < -0.39 is 0 Å². The summed E-state index contributed by atoms with van der Waals surface area (Å²) in [6, 6.07) is 0.518. The van der Waals surface area contributed by atoms with Crippen LogP contribution in [0.15, 0.2) is 6.33 Å². The van der Waals surface area contributed by atoms with E-state index in [1.54, 1.807) is 6.33 Å². The molecule has 0 aromatic carbocycles. The van der Waals surface area contributed by atoms with Crippen molar-refractivity contribution in [2.75, 3.05) is 18.4 Å². The molecule has 1 aliphatic heterocycles. The van der Waals surface area contributed by atoms with Crippen molar-refractivity contribution in [2.45, 2.75) is 57.4 Å². The van der Waals surface area contributed by atoms with E-state index in [1.807, 2.05) is 0 Å². The summed E-state index contributed by atoms with van der Waals surface area (Å²) in [6.07, 6.45) is 11.7. The molecule has 2 N–H and O–H groups in total. The maximum Gasteiger partial charge on any atom is 0.133 e. The van der Waals surface area contributed by atoms with Crippen LogP contribution in [-0.4, -0.2) is 29.1 Å². The van der Waals surface area contributed by atoms with Gasteiger partial charge in [-0.1, -0.05) is 12.8 Å². The minimum Gasteiger partial charge on any atom is -0.366 e. The number of aryl methyl sites for hydroxylation is 1. The van der Waals surface area contributed by atoms with Gasteiger partial charge in [-0.2, -0.15) is 0 Å². The summed E-state index contributed by atoms with van der Waals surface area (Å²) in [5.41, 5.74) is 2.65. The van der Waals surface area contributed by atoms with Crippen LogP contribution in [0.3, 0.4) is 0 Å². The molecule has 4 nitrogen and oxygen atoms in total. The first kappa shape index (κ1) is 12.9. The lowest BCUT2D eigenvalue weighted by Crippen LogP contribution is -2.31. The van der Waals surface area contributed by atoms with Crippen LogP contribution >= 0.6 is 0 Å². The second kappa shape index (κ2) is 6.33. The summed E-state index contributed by atoms with van der Waals surface area (Å²) in [4.78, 5) is 8.99. The average molecular weight is 260 g/mol. The van der Waals surface area contributed by atoms with Crippen LogP contribution in [0.4, 0.5) is 5.82 Å². The third-order valence-electron chi connectivity index (χ3n) is 4.26. The van der Waals surface area contributed by atoms with Gasteiger partial charge in [-0.15, -0.1) is 0 Å². The Hall–Kier alpha value is -1.16. The quantitative estimate of drug-likeness (QED) is 0.801. The Kier molecular flexibility index (Phi) is 4.28. The van der Waals surface area contributed by atoms with Crippen molar-refractivity contribution in [1.82, 2.24) is 15.3 Å². The molecule has 19 heavy (non-hydrogen) atoms. The molecule has 2 heterocycles. The van der Waals surface area contributed by atoms with Crippen molar-refractivity contribution in [1.29, 1.82) is 0 Å². The Balaban J connectivity index is 1.76. The van der Waals surface area contributed by atoms with E-state index in [0.717, 1.165) is 31.7 Å². The van der Waals surface area contributed by atoms with Crippen LogP contribution in [0.1, 0.15) is 49.8 Å². The number of hydrogen-bond acceptors (Lipinski definition) is 4. The molecule has 4 heteroatoms. The molecule has 1 saturated heterocycles. The summed E-state index contributed by atoms with van der Waals surface area (Å²) in [7, 11) is 0. The second-order valence-corrected chi connectivity index (χ2v) is 5.75. The zero-order chi connectivity index (χ0) is 12.9. The predicted molar refractivity (Wildman–Crippen MR) is 77.4 cm³/mol. The number of fused-ring (bicyclic) bond motifs is 1. The normalized spacial score (nSPS) is 24.1. The van der Waals surface area contributed by atoms with E-state index in [0.29, 0.717) is 6.04 Å². The highest BCUT2D eigenvalue weighted by Gasteiger charge is 2.17. The van der Waals surface area contributed by atoms with Gasteiger partial charge in [0, 0.05) is 23.8 Å². The molecule has 1 unspecified atom stereocenters. The van der Waals surface area contributed by atoms with E-state index in [2.05, 4.69) is 20.6 Å². The highest BCUT2D eigenvalue weighted by Crippen LogP contribution is 2.24. The fourth-order valence-electron chi connectivity index (χ4n) is 3.16. The van der Waals surface area contributed by atoms with Gasteiger partial charge in [0.05, 0.1) is 0 Å². The van der Waals surface area contributed by atoms with E-state index in [-0.39, 0.29) is 0 Å². The smallest absolute Gasteiger partial charge is 0.133 e. The van der Waals surface area contributed by atoms with Crippen molar-refractivity contribution in [2.24, 2.45) is 0 Å². The highest BCUT2D eigenvalue weighted by molar-refractivity contribution is 5.47. The second-order valence-electron chi connectivity index (χ2n) is 5.75. The molecule has 2 aliphatic rings. The molecule has 1 fully saturated rings. The van der Waals surface area contributed by atoms with Crippen molar-refractivity contribution in [3.05, 3.63) is 17.6 Å². The summed E-state index contributed by atoms with van der Waals surface area (Å²) >= 11 is 0. The molecule has 0 saturated carbocycles. The van der Waals surface area contributed by atoms with Crippen LogP contribution in [0, 0.1) is 0 Å². The summed E-state index contributed by atoms with van der Waals surface area (Å²) < 4.78 is 0. The summed E-state index contributed by atoms with van der Waals surface area (Å²) in [5, 5.41) is 7.17. The van der Waals surface area contributed by atoms with Gasteiger partial charge >= 0.3 is 0 Å². The first-order valence-electron chi connectivity index (χ1n) is 7.73. The number of hydrogen-bond donors (Lipinski definition) is 2. The first-order chi connectivity index (χ1) is 9.43. The molecule has 1 aliphatic carbocycles. The maximum atomic E-state index is 4.51. The maximum absolute atomic E-state index is 4.51. The first-order valence-corrected chi connectivity index (χ1v) is 7.73. The van der Waals surface area contributed by atoms with Gasteiger partial charge in [-0.3, -0.25) is 0 Å². The molecule has 0 radical (unpaired) electrons. The fourth-order valence-corrected chi connectivity index (χ4v) is 3.16. The van der Waals surface area contributed by atoms with E-state index in [4.69, 9.17) is 0 Å². The van der Waals surface area contributed by atoms with E-state index in [1.165, 1.54) is 49.8 Å². The van der Waals surface area contributed by atoms with Gasteiger partial charge in [0.1, 0.15) is 12.1 Å². The molecular formula is C15H24N4. The topological polar surface area (TPSA) is 49.8 Å². The lowest BCUT2D eigenvalue weighted by atomic mass is 10.1. The molecule has 0 spiro atoms. The van der Waals surface area contributed by atoms with E-state index >= 15 is 0 Å². The minimum absolute atomic E-state index is 0.518. The van der Waals surface area contributed by atoms with Gasteiger partial charge < -0.3 is 10.6 Å². The van der Waals surface area contributed by atoms with Gasteiger partial charge in [0.15, 0.2) is 0 Å². The van der Waals surface area contributed by atoms with Crippen LogP contribution in [0.5, 0.6) is 0 Å². The Labute approximate surface area is 115 Å². The van der Waals surface area contributed by atoms with Crippen LogP contribution in [-0.2, 0) is 12.8 Å². The number of anilines is 1. The third-order valence-corrected chi connectivity index (χ3v) is 4.26. The van der Waals surface area contributed by atoms with Crippen molar-refractivity contribution in [3.8, 4) is 0 Å². The zero-order valence-corrected chi connectivity index (χ0v) is 11.6. The van der Waals surface area contributed by atoms with Gasteiger partial charge in [0.2, 0.25) is 0 Å². The number of nitrogens with one attached hydrogen (secondary N) is 2. The summed E-state index contributed by atoms with van der Waals surface area (Å²) in [6.45, 7) is 2.21. The van der Waals surface area contributed by atoms with E-state index in [9.17, 15) is 0 Å². The third kappa shape index (κ3) is 3.24. The minimum atomic E-state index is 0.518. The van der Waals surface area contributed by atoms with Gasteiger partial charge in [-0.05, 0) is 45.1 Å². The van der Waals surface area contributed by atoms with Crippen molar-refractivity contribution >= 4 is 5.82 Å². The van der Waals surface area contributed by atoms with Crippen LogP contribution in [0.25, 0.3) is 0 Å². The van der Waals surface area contributed by atoms with Crippen LogP contribution < -0.4 is 10.6 Å². The Bertz CT molecular complexity index is 411. The SMILES string of the molecule is c1nc2c(c(NC3CCCCNC3)n1)CCCCC2. The number of nitrogens with zero attached hydrogens (tertiary/aromatic N) is 2. The number of rotatable bonds is 2. The van der Waals surface area contributed by atoms with Gasteiger partial charge in [-0.25, -0.2) is 9.97 Å². The Morgan fingerprint density at radius 2 is 2.00 bits per heavy atom. The average Bonchev–Trinajstić information content (AvgIpc) is 2.81. The molecule has 0 bridgehead atoms. The standard InChI is InChI=1S/C15H24N4/c1-2-7-13-14(8-3-1)17-11-18-15(13)19-12-6-4-5-9-16-10-12/h11-12,16H,1-10H2,(H,17,18,19). The molecule has 3 rings (SSSR count). The predicted octanol–water partition coefficient (Wildman–Crippen LogP) is 2.30. The molecule has 0 amide bonds. The largest absolute Gasteiger partial charge is 0.366 e. The lowest BCUT2D eigenvalue weighted by molar-refractivity contribution is 0.631. The molecule has 1 aromatic rings. The molecule has 1 atom stereocenters. The summed E-state index contributed by atoms with van der Waals surface area (Å²) in [5.74, 6) is 1.10. The highest BCUT2D eigenvalue weighted by atomic mass is 15.1. The molecular weight excluding hydrogens is 236 g/mol. The van der Waals surface area contributed by atoms with Gasteiger partial charge in [0.25, 0.3) is 0 Å². The van der Waals surface area contributed by atoms with Crippen molar-refractivity contribution in [3.63, 3.8) is 0 Å². The Morgan fingerprint density at radius 1 is 1.05 bits per heavy atom. The van der Waals surface area contributed by atoms with Crippen molar-refractivity contribution < 1.29 is 0 Å². The lowest BCUT2D eigenvalue weighted by Gasteiger charge is -2.19. The monoisotopic (exact) mass is 260 g/mol. The van der Waals surface area contributed by atoms with Crippen LogP contribution in [0.2, 0.25) is 0 Å². The fraction of sp³-hybridized carbons (Fsp3) is 0.733. The molecule has 104 valence electrons.